The van der Waals surface area contributed by atoms with Gasteiger partial charge in [0.15, 0.2) is 0 Å². The predicted molar refractivity (Wildman–Crippen MR) is 72.9 cm³/mol. The van der Waals surface area contributed by atoms with Crippen LogP contribution in [0.3, 0.4) is 0 Å². The normalized spacial score (nSPS) is 12.9. The van der Waals surface area contributed by atoms with Crippen molar-refractivity contribution in [3.8, 4) is 0 Å². The molecule has 6 nitrogen and oxygen atoms in total. The first-order chi connectivity index (χ1) is 8.69. The minimum absolute atomic E-state index is 0.0857. The van der Waals surface area contributed by atoms with Gasteiger partial charge < -0.3 is 20.4 Å². The third kappa shape index (κ3) is 7.66. The van der Waals surface area contributed by atoms with Gasteiger partial charge in [-0.3, -0.25) is 4.79 Å². The van der Waals surface area contributed by atoms with E-state index in [0.29, 0.717) is 13.0 Å². The molecule has 0 spiro atoms. The number of aliphatic hydroxyl groups excluding tert-OH is 1. The number of nitrogens with zero attached hydrogens (tertiary/aromatic N) is 1. The standard InChI is InChI=1S/C13H26N2O4/c1-10(11(17)18)8-15(4)12(19)14-9-13(2,3)6-5-7-16/h10,16H,5-9H2,1-4H3,(H,14,19)(H,17,18). The Morgan fingerprint density at radius 3 is 2.42 bits per heavy atom. The number of hydrogen-bond acceptors (Lipinski definition) is 3. The molecule has 2 amide bonds. The number of aliphatic carboxylic acids is 1. The van der Waals surface area contributed by atoms with Crippen LogP contribution in [0.1, 0.15) is 33.6 Å². The average Bonchev–Trinajstić information content (AvgIpc) is 2.33. The van der Waals surface area contributed by atoms with Crippen LogP contribution in [0.15, 0.2) is 0 Å². The van der Waals surface area contributed by atoms with Crippen molar-refractivity contribution in [2.45, 2.75) is 33.6 Å². The van der Waals surface area contributed by atoms with Crippen LogP contribution in [0.25, 0.3) is 0 Å². The summed E-state index contributed by atoms with van der Waals surface area (Å²) in [5, 5.41) is 20.4. The second-order valence-corrected chi connectivity index (χ2v) is 5.77. The van der Waals surface area contributed by atoms with E-state index in [0.717, 1.165) is 6.42 Å². The first-order valence-corrected chi connectivity index (χ1v) is 6.52. The minimum Gasteiger partial charge on any atom is -0.481 e. The van der Waals surface area contributed by atoms with Gasteiger partial charge in [-0.15, -0.1) is 0 Å². The van der Waals surface area contributed by atoms with Crippen LogP contribution >= 0.6 is 0 Å². The summed E-state index contributed by atoms with van der Waals surface area (Å²) in [6.45, 7) is 6.42. The molecule has 3 N–H and O–H groups in total. The lowest BCUT2D eigenvalue weighted by Crippen LogP contribution is -2.44. The molecule has 1 atom stereocenters. The zero-order valence-corrected chi connectivity index (χ0v) is 12.3. The Hall–Kier alpha value is -1.30. The summed E-state index contributed by atoms with van der Waals surface area (Å²) >= 11 is 0. The quantitative estimate of drug-likeness (QED) is 0.619. The molecule has 0 saturated heterocycles. The van der Waals surface area contributed by atoms with Gasteiger partial charge in [-0.05, 0) is 18.3 Å². The zero-order chi connectivity index (χ0) is 15.1. The maximum absolute atomic E-state index is 11.8. The van der Waals surface area contributed by atoms with E-state index < -0.39 is 11.9 Å². The highest BCUT2D eigenvalue weighted by Crippen LogP contribution is 2.20. The topological polar surface area (TPSA) is 89.9 Å². The highest BCUT2D eigenvalue weighted by molar-refractivity contribution is 5.75. The lowest BCUT2D eigenvalue weighted by molar-refractivity contribution is -0.141. The first kappa shape index (κ1) is 17.7. The van der Waals surface area contributed by atoms with Crippen LogP contribution < -0.4 is 5.32 Å². The number of urea groups is 1. The number of nitrogens with one attached hydrogen (secondary N) is 1. The van der Waals surface area contributed by atoms with Crippen LogP contribution in [0, 0.1) is 11.3 Å². The number of carbonyl (C=O) groups excluding carboxylic acids is 1. The van der Waals surface area contributed by atoms with E-state index in [1.54, 1.807) is 14.0 Å². The summed E-state index contributed by atoms with van der Waals surface area (Å²) in [5.41, 5.74) is -0.0857. The second kappa shape index (κ2) is 7.99. The van der Waals surface area contributed by atoms with Gasteiger partial charge in [0.1, 0.15) is 0 Å². The van der Waals surface area contributed by atoms with Gasteiger partial charge in [-0.2, -0.15) is 0 Å². The smallest absolute Gasteiger partial charge is 0.317 e. The van der Waals surface area contributed by atoms with Gasteiger partial charge >= 0.3 is 12.0 Å². The third-order valence-corrected chi connectivity index (χ3v) is 3.05. The fourth-order valence-electron chi connectivity index (χ4n) is 1.67. The van der Waals surface area contributed by atoms with Crippen molar-refractivity contribution in [2.75, 3.05) is 26.7 Å². The summed E-state index contributed by atoms with van der Waals surface area (Å²) in [6, 6.07) is -0.273. The van der Waals surface area contributed by atoms with E-state index in [4.69, 9.17) is 10.2 Å². The molecule has 0 aliphatic carbocycles. The molecule has 0 aromatic rings. The van der Waals surface area contributed by atoms with Crippen LogP contribution in [0.2, 0.25) is 0 Å². The van der Waals surface area contributed by atoms with Crippen molar-refractivity contribution in [1.29, 1.82) is 0 Å². The maximum Gasteiger partial charge on any atom is 0.317 e. The van der Waals surface area contributed by atoms with E-state index in [-0.39, 0.29) is 24.6 Å². The van der Waals surface area contributed by atoms with Crippen molar-refractivity contribution < 1.29 is 19.8 Å². The molecule has 0 radical (unpaired) electrons. The lowest BCUT2D eigenvalue weighted by atomic mass is 9.88. The molecule has 0 heterocycles. The molecule has 0 aromatic carbocycles. The fourth-order valence-corrected chi connectivity index (χ4v) is 1.67. The Balaban J connectivity index is 4.12. The Morgan fingerprint density at radius 2 is 1.95 bits per heavy atom. The minimum atomic E-state index is -0.914. The summed E-state index contributed by atoms with van der Waals surface area (Å²) in [5.74, 6) is -1.50. The molecule has 0 fully saturated rings. The number of hydrogen-bond donors (Lipinski definition) is 3. The molecule has 112 valence electrons. The van der Waals surface area contributed by atoms with Crippen LogP contribution in [0.4, 0.5) is 4.79 Å². The molecule has 0 aliphatic heterocycles. The Bertz CT molecular complexity index is 305. The van der Waals surface area contributed by atoms with Crippen molar-refractivity contribution in [1.82, 2.24) is 10.2 Å². The van der Waals surface area contributed by atoms with Crippen LogP contribution in [0.5, 0.6) is 0 Å². The fraction of sp³-hybridized carbons (Fsp3) is 0.846. The molecule has 0 bridgehead atoms. The van der Waals surface area contributed by atoms with E-state index in [1.807, 2.05) is 13.8 Å². The van der Waals surface area contributed by atoms with Gasteiger partial charge in [-0.25, -0.2) is 4.79 Å². The summed E-state index contributed by atoms with van der Waals surface area (Å²) in [7, 11) is 1.58. The van der Waals surface area contributed by atoms with Gasteiger partial charge in [0.05, 0.1) is 5.92 Å². The molecule has 0 saturated carbocycles. The van der Waals surface area contributed by atoms with Crippen molar-refractivity contribution in [3.05, 3.63) is 0 Å². The van der Waals surface area contributed by atoms with Crippen molar-refractivity contribution >= 4 is 12.0 Å². The Kier molecular flexibility index (Phi) is 7.44. The highest BCUT2D eigenvalue weighted by Gasteiger charge is 2.21. The Labute approximate surface area is 114 Å². The lowest BCUT2D eigenvalue weighted by Gasteiger charge is -2.27. The molecule has 1 unspecified atom stereocenters. The molecule has 19 heavy (non-hydrogen) atoms. The summed E-state index contributed by atoms with van der Waals surface area (Å²) in [4.78, 5) is 23.9. The third-order valence-electron chi connectivity index (χ3n) is 3.05. The molecule has 0 aliphatic rings. The molecular formula is C13H26N2O4. The average molecular weight is 274 g/mol. The molecule has 0 rings (SSSR count). The van der Waals surface area contributed by atoms with Crippen LogP contribution in [-0.2, 0) is 4.79 Å². The Morgan fingerprint density at radius 1 is 1.37 bits per heavy atom. The predicted octanol–water partition coefficient (Wildman–Crippen LogP) is 1.15. The highest BCUT2D eigenvalue weighted by atomic mass is 16.4. The van der Waals surface area contributed by atoms with Gasteiger partial charge in [0, 0.05) is 26.7 Å². The zero-order valence-electron chi connectivity index (χ0n) is 12.3. The van der Waals surface area contributed by atoms with Gasteiger partial charge in [-0.1, -0.05) is 20.8 Å². The maximum atomic E-state index is 11.8. The first-order valence-electron chi connectivity index (χ1n) is 6.52. The number of rotatable bonds is 8. The van der Waals surface area contributed by atoms with Gasteiger partial charge in [0.2, 0.25) is 0 Å². The molecule has 0 aromatic heterocycles. The monoisotopic (exact) mass is 274 g/mol. The van der Waals surface area contributed by atoms with Crippen molar-refractivity contribution in [3.63, 3.8) is 0 Å². The van der Waals surface area contributed by atoms with Gasteiger partial charge in [0.25, 0.3) is 0 Å². The number of carbonyl (C=O) groups is 2. The van der Waals surface area contributed by atoms with E-state index in [2.05, 4.69) is 5.32 Å². The van der Waals surface area contributed by atoms with Crippen LogP contribution in [-0.4, -0.2) is 53.9 Å². The number of aliphatic hydroxyl groups is 1. The number of carboxylic acids is 1. The molecule has 6 heteroatoms. The van der Waals surface area contributed by atoms with E-state index in [9.17, 15) is 9.59 Å². The number of carboxylic acid groups (broad SMARTS) is 1. The SMILES string of the molecule is CC(CN(C)C(=O)NCC(C)(C)CCCO)C(=O)O. The van der Waals surface area contributed by atoms with E-state index >= 15 is 0 Å². The largest absolute Gasteiger partial charge is 0.481 e. The van der Waals surface area contributed by atoms with E-state index in [1.165, 1.54) is 4.90 Å². The number of amides is 2. The summed E-state index contributed by atoms with van der Waals surface area (Å²) < 4.78 is 0. The van der Waals surface area contributed by atoms with Crippen molar-refractivity contribution in [2.24, 2.45) is 11.3 Å². The molecular weight excluding hydrogens is 248 g/mol. The second-order valence-electron chi connectivity index (χ2n) is 5.77. The summed E-state index contributed by atoms with van der Waals surface area (Å²) in [6.07, 6.45) is 1.52.